The molecule has 2 aromatic rings. The van der Waals surface area contributed by atoms with Gasteiger partial charge in [0, 0.05) is 18.9 Å². The van der Waals surface area contributed by atoms with E-state index in [1.165, 1.54) is 0 Å². The molecule has 2 amide bonds. The number of rotatable bonds is 12. The Morgan fingerprint density at radius 2 is 1.62 bits per heavy atom. The van der Waals surface area contributed by atoms with E-state index in [4.69, 9.17) is 9.84 Å². The lowest BCUT2D eigenvalue weighted by Crippen LogP contribution is -2.47. The minimum absolute atomic E-state index is 0.0109. The largest absolute Gasteiger partial charge is 0.481 e. The molecular formula is C26H33N3O5. The number of hydrogen-bond donors (Lipinski definition) is 3. The van der Waals surface area contributed by atoms with Gasteiger partial charge in [0.25, 0.3) is 0 Å². The fourth-order valence-electron chi connectivity index (χ4n) is 4.21. The number of aliphatic carboxylic acids is 1. The van der Waals surface area contributed by atoms with E-state index in [0.717, 1.165) is 41.6 Å². The Morgan fingerprint density at radius 1 is 1.00 bits per heavy atom. The molecule has 3 N–H and O–H groups in total. The predicted molar refractivity (Wildman–Crippen MR) is 130 cm³/mol. The van der Waals surface area contributed by atoms with Crippen LogP contribution in [0.25, 0.3) is 11.1 Å². The van der Waals surface area contributed by atoms with Crippen LogP contribution in [-0.4, -0.2) is 67.8 Å². The van der Waals surface area contributed by atoms with Gasteiger partial charge in [-0.15, -0.1) is 0 Å². The van der Waals surface area contributed by atoms with E-state index < -0.39 is 24.0 Å². The first kappa shape index (κ1) is 25.2. The van der Waals surface area contributed by atoms with Gasteiger partial charge in [0.2, 0.25) is 5.91 Å². The Hall–Kier alpha value is -3.39. The van der Waals surface area contributed by atoms with Gasteiger partial charge in [0.15, 0.2) is 0 Å². The molecule has 8 heteroatoms. The summed E-state index contributed by atoms with van der Waals surface area (Å²) in [5, 5.41) is 14.4. The highest BCUT2D eigenvalue weighted by Gasteiger charge is 2.29. The molecular weight excluding hydrogens is 434 g/mol. The zero-order valence-corrected chi connectivity index (χ0v) is 19.8. The predicted octanol–water partition coefficient (Wildman–Crippen LogP) is 3.22. The van der Waals surface area contributed by atoms with Gasteiger partial charge < -0.3 is 25.4 Å². The van der Waals surface area contributed by atoms with Crippen molar-refractivity contribution in [1.82, 2.24) is 15.5 Å². The summed E-state index contributed by atoms with van der Waals surface area (Å²) < 4.78 is 5.51. The normalized spacial score (nSPS) is 13.1. The maximum Gasteiger partial charge on any atom is 0.407 e. The summed E-state index contributed by atoms with van der Waals surface area (Å²) in [5.74, 6) is -1.53. The third kappa shape index (κ3) is 6.81. The first-order valence-electron chi connectivity index (χ1n) is 11.6. The molecule has 1 atom stereocenters. The molecule has 0 radical (unpaired) electrons. The number of hydrogen-bond acceptors (Lipinski definition) is 5. The molecule has 8 nitrogen and oxygen atoms in total. The Bertz CT molecular complexity index is 962. The fraction of sp³-hybridized carbons (Fsp3) is 0.423. The molecule has 1 aliphatic carbocycles. The summed E-state index contributed by atoms with van der Waals surface area (Å²) in [6.07, 6.45) is 0.735. The van der Waals surface area contributed by atoms with Crippen LogP contribution in [0.1, 0.15) is 42.7 Å². The summed E-state index contributed by atoms with van der Waals surface area (Å²) in [5.41, 5.74) is 4.43. The Morgan fingerprint density at radius 3 is 2.21 bits per heavy atom. The molecule has 0 aliphatic heterocycles. The van der Waals surface area contributed by atoms with Gasteiger partial charge in [0.1, 0.15) is 12.6 Å². The molecule has 1 unspecified atom stereocenters. The van der Waals surface area contributed by atoms with Gasteiger partial charge in [-0.3, -0.25) is 9.59 Å². The zero-order chi connectivity index (χ0) is 24.5. The summed E-state index contributed by atoms with van der Waals surface area (Å²) in [6, 6.07) is 15.1. The van der Waals surface area contributed by atoms with Crippen LogP contribution in [0.5, 0.6) is 0 Å². The van der Waals surface area contributed by atoms with Gasteiger partial charge in [-0.05, 0) is 62.2 Å². The number of carbonyl (C=O) groups is 3. The lowest BCUT2D eigenvalue weighted by Gasteiger charge is -2.19. The highest BCUT2D eigenvalue weighted by atomic mass is 16.5. The molecule has 0 saturated carbocycles. The van der Waals surface area contributed by atoms with Crippen LogP contribution < -0.4 is 10.6 Å². The van der Waals surface area contributed by atoms with Gasteiger partial charge in [-0.25, -0.2) is 4.79 Å². The van der Waals surface area contributed by atoms with Crippen LogP contribution in [0, 0.1) is 0 Å². The zero-order valence-electron chi connectivity index (χ0n) is 19.8. The number of nitrogens with one attached hydrogen (secondary N) is 2. The van der Waals surface area contributed by atoms with Gasteiger partial charge >= 0.3 is 12.1 Å². The van der Waals surface area contributed by atoms with E-state index in [-0.39, 0.29) is 25.4 Å². The second-order valence-corrected chi connectivity index (χ2v) is 8.76. The standard InChI is InChI=1S/C26H33N3O5/c1-29(2)16-8-7-15-27-25(32)23(13-14-24(30)31)28-26(33)34-17-22-20-11-5-3-9-18(20)19-10-4-6-12-21(19)22/h3-6,9-12,22-23H,7-8,13-17H2,1-2H3,(H,27,32)(H,28,33)(H,30,31). The summed E-state index contributed by atoms with van der Waals surface area (Å²) in [6.45, 7) is 1.50. The molecule has 0 saturated heterocycles. The number of nitrogens with zero attached hydrogens (tertiary/aromatic N) is 1. The number of amides is 2. The number of carbonyl (C=O) groups excluding carboxylic acids is 2. The summed E-state index contributed by atoms with van der Waals surface area (Å²) in [4.78, 5) is 38.3. The second-order valence-electron chi connectivity index (χ2n) is 8.76. The number of unbranched alkanes of at least 4 members (excludes halogenated alkanes) is 1. The molecule has 3 rings (SSSR count). The van der Waals surface area contributed by atoms with Crippen molar-refractivity contribution in [3.63, 3.8) is 0 Å². The SMILES string of the molecule is CN(C)CCCCNC(=O)C(CCC(=O)O)NC(=O)OCC1c2ccccc2-c2ccccc21. The average Bonchev–Trinajstić information content (AvgIpc) is 3.13. The molecule has 0 aromatic heterocycles. The maximum absolute atomic E-state index is 12.6. The van der Waals surface area contributed by atoms with Crippen molar-refractivity contribution in [3.8, 4) is 11.1 Å². The van der Waals surface area contributed by atoms with Crippen molar-refractivity contribution in [3.05, 3.63) is 59.7 Å². The van der Waals surface area contributed by atoms with E-state index >= 15 is 0 Å². The van der Waals surface area contributed by atoms with E-state index in [1.54, 1.807) is 0 Å². The molecule has 0 spiro atoms. The van der Waals surface area contributed by atoms with Crippen molar-refractivity contribution in [2.75, 3.05) is 33.8 Å². The first-order chi connectivity index (χ1) is 16.4. The minimum Gasteiger partial charge on any atom is -0.481 e. The Labute approximate surface area is 200 Å². The van der Waals surface area contributed by atoms with Crippen LogP contribution in [-0.2, 0) is 14.3 Å². The van der Waals surface area contributed by atoms with Crippen molar-refractivity contribution in [1.29, 1.82) is 0 Å². The van der Waals surface area contributed by atoms with Gasteiger partial charge in [-0.1, -0.05) is 48.5 Å². The fourth-order valence-corrected chi connectivity index (χ4v) is 4.21. The number of alkyl carbamates (subject to hydrolysis) is 1. The van der Waals surface area contributed by atoms with E-state index in [1.807, 2.05) is 50.5 Å². The first-order valence-corrected chi connectivity index (χ1v) is 11.6. The molecule has 34 heavy (non-hydrogen) atoms. The molecule has 182 valence electrons. The van der Waals surface area contributed by atoms with Crippen molar-refractivity contribution in [2.24, 2.45) is 0 Å². The van der Waals surface area contributed by atoms with Gasteiger partial charge in [0.05, 0.1) is 0 Å². The summed E-state index contributed by atoms with van der Waals surface area (Å²) >= 11 is 0. The van der Waals surface area contributed by atoms with Crippen LogP contribution in [0.4, 0.5) is 4.79 Å². The van der Waals surface area contributed by atoms with Gasteiger partial charge in [-0.2, -0.15) is 0 Å². The molecule has 2 aromatic carbocycles. The summed E-state index contributed by atoms with van der Waals surface area (Å²) in [7, 11) is 3.97. The van der Waals surface area contributed by atoms with E-state index in [9.17, 15) is 14.4 Å². The van der Waals surface area contributed by atoms with E-state index in [2.05, 4.69) is 27.7 Å². The Kier molecular flexibility index (Phi) is 9.04. The third-order valence-corrected chi connectivity index (χ3v) is 5.93. The number of ether oxygens (including phenoxy) is 1. The monoisotopic (exact) mass is 467 g/mol. The third-order valence-electron chi connectivity index (χ3n) is 5.93. The quantitative estimate of drug-likeness (QED) is 0.414. The van der Waals surface area contributed by atoms with Crippen LogP contribution in [0.2, 0.25) is 0 Å². The van der Waals surface area contributed by atoms with Crippen molar-refractivity contribution >= 4 is 18.0 Å². The maximum atomic E-state index is 12.6. The number of carboxylic acid groups (broad SMARTS) is 1. The van der Waals surface area contributed by atoms with Crippen LogP contribution in [0.15, 0.2) is 48.5 Å². The van der Waals surface area contributed by atoms with Crippen molar-refractivity contribution < 1.29 is 24.2 Å². The lowest BCUT2D eigenvalue weighted by atomic mass is 9.98. The van der Waals surface area contributed by atoms with Crippen molar-refractivity contribution in [2.45, 2.75) is 37.6 Å². The second kappa shape index (κ2) is 12.2. The number of carboxylic acids is 1. The topological polar surface area (TPSA) is 108 Å². The van der Waals surface area contributed by atoms with E-state index in [0.29, 0.717) is 6.54 Å². The molecule has 0 fully saturated rings. The van der Waals surface area contributed by atoms with Crippen LogP contribution in [0.3, 0.4) is 0 Å². The highest BCUT2D eigenvalue weighted by Crippen LogP contribution is 2.44. The lowest BCUT2D eigenvalue weighted by molar-refractivity contribution is -0.137. The minimum atomic E-state index is -1.03. The molecule has 0 heterocycles. The average molecular weight is 468 g/mol. The molecule has 1 aliphatic rings. The number of fused-ring (bicyclic) bond motifs is 3. The smallest absolute Gasteiger partial charge is 0.407 e. The molecule has 0 bridgehead atoms. The number of benzene rings is 2. The Balaban J connectivity index is 1.57. The highest BCUT2D eigenvalue weighted by molar-refractivity contribution is 5.86. The van der Waals surface area contributed by atoms with Crippen LogP contribution >= 0.6 is 0 Å².